The molecule has 16 heavy (non-hydrogen) atoms. The quantitative estimate of drug-likeness (QED) is 0.800. The topological polar surface area (TPSA) is 45.9 Å². The van der Waals surface area contributed by atoms with Gasteiger partial charge in [0.1, 0.15) is 5.75 Å². The first-order valence-corrected chi connectivity index (χ1v) is 5.12. The Morgan fingerprint density at radius 1 is 1.44 bits per heavy atom. The summed E-state index contributed by atoms with van der Waals surface area (Å²) >= 11 is 6.00. The number of halogens is 1. The van der Waals surface area contributed by atoms with E-state index in [1.165, 1.54) is 0 Å². The summed E-state index contributed by atoms with van der Waals surface area (Å²) in [5, 5.41) is 10.1. The Balaban J connectivity index is 2.58. The molecule has 0 unspecified atom stereocenters. The van der Waals surface area contributed by atoms with Crippen LogP contribution in [0.1, 0.15) is 5.69 Å². The number of methoxy groups -OCH3 is 1. The number of benzene rings is 1. The first-order chi connectivity index (χ1) is 7.74. The summed E-state index contributed by atoms with van der Waals surface area (Å²) in [6.45, 7) is 0. The van der Waals surface area contributed by atoms with Crippen molar-refractivity contribution in [1.82, 2.24) is 4.98 Å². The van der Waals surface area contributed by atoms with Crippen LogP contribution >= 0.6 is 11.6 Å². The number of ether oxygens (including phenoxy) is 1. The van der Waals surface area contributed by atoms with Crippen LogP contribution in [-0.4, -0.2) is 12.1 Å². The Morgan fingerprint density at radius 2 is 2.25 bits per heavy atom. The molecule has 0 spiro atoms. The fourth-order valence-corrected chi connectivity index (χ4v) is 1.74. The zero-order chi connectivity index (χ0) is 11.5. The van der Waals surface area contributed by atoms with Crippen molar-refractivity contribution in [1.29, 1.82) is 5.26 Å². The highest BCUT2D eigenvalue weighted by Gasteiger charge is 2.05. The fraction of sp³-hybridized carbons (Fsp3) is 0.167. The summed E-state index contributed by atoms with van der Waals surface area (Å²) in [7, 11) is 1.57. The molecule has 3 nitrogen and oxygen atoms in total. The summed E-state index contributed by atoms with van der Waals surface area (Å²) in [4.78, 5) is 4.34. The molecule has 1 aromatic carbocycles. The lowest BCUT2D eigenvalue weighted by atomic mass is 10.2. The molecule has 0 saturated carbocycles. The van der Waals surface area contributed by atoms with E-state index in [2.05, 4.69) is 11.1 Å². The number of hydrogen-bond donors (Lipinski definition) is 0. The molecule has 0 N–H and O–H groups in total. The lowest BCUT2D eigenvalue weighted by Gasteiger charge is -2.05. The summed E-state index contributed by atoms with van der Waals surface area (Å²) in [6.07, 6.45) is 0.305. The summed E-state index contributed by atoms with van der Waals surface area (Å²) in [5.74, 6) is 0.629. The van der Waals surface area contributed by atoms with Gasteiger partial charge in [0.25, 0.3) is 0 Å². The fourth-order valence-electron chi connectivity index (χ4n) is 1.50. The Hall–Kier alpha value is -1.79. The van der Waals surface area contributed by atoms with Crippen molar-refractivity contribution >= 4 is 22.5 Å². The van der Waals surface area contributed by atoms with Gasteiger partial charge in [-0.15, -0.1) is 0 Å². The smallest absolute Gasteiger partial charge is 0.138 e. The lowest BCUT2D eigenvalue weighted by molar-refractivity contribution is 0.415. The van der Waals surface area contributed by atoms with Crippen LogP contribution in [0, 0.1) is 11.3 Å². The molecular weight excluding hydrogens is 224 g/mol. The first-order valence-electron chi connectivity index (χ1n) is 4.74. The van der Waals surface area contributed by atoms with Gasteiger partial charge in [-0.25, -0.2) is 0 Å². The highest BCUT2D eigenvalue weighted by molar-refractivity contribution is 6.32. The number of rotatable bonds is 2. The number of hydrogen-bond acceptors (Lipinski definition) is 3. The SMILES string of the molecule is COc1cc2ccc(CC#N)nc2cc1Cl. The molecular formula is C12H9ClN2O. The van der Waals surface area contributed by atoms with Gasteiger partial charge >= 0.3 is 0 Å². The van der Waals surface area contributed by atoms with E-state index in [-0.39, 0.29) is 0 Å². The van der Waals surface area contributed by atoms with Crippen molar-refractivity contribution < 1.29 is 4.74 Å². The average Bonchev–Trinajstić information content (AvgIpc) is 2.28. The molecule has 0 aliphatic carbocycles. The number of nitriles is 1. The molecule has 0 radical (unpaired) electrons. The van der Waals surface area contributed by atoms with Crippen LogP contribution in [0.3, 0.4) is 0 Å². The number of pyridine rings is 1. The van der Waals surface area contributed by atoms with E-state index < -0.39 is 0 Å². The third kappa shape index (κ3) is 1.93. The van der Waals surface area contributed by atoms with Crippen LogP contribution in [0.5, 0.6) is 5.75 Å². The third-order valence-corrected chi connectivity index (χ3v) is 2.58. The molecule has 1 aromatic heterocycles. The molecule has 0 saturated heterocycles. The third-order valence-electron chi connectivity index (χ3n) is 2.28. The highest BCUT2D eigenvalue weighted by Crippen LogP contribution is 2.29. The predicted molar refractivity (Wildman–Crippen MR) is 62.6 cm³/mol. The minimum absolute atomic E-state index is 0.305. The van der Waals surface area contributed by atoms with Crippen LogP contribution in [0.15, 0.2) is 24.3 Å². The maximum Gasteiger partial charge on any atom is 0.138 e. The Bertz CT molecular complexity index is 575. The van der Waals surface area contributed by atoms with Gasteiger partial charge in [0.05, 0.1) is 35.8 Å². The lowest BCUT2D eigenvalue weighted by Crippen LogP contribution is -1.90. The highest BCUT2D eigenvalue weighted by atomic mass is 35.5. The second-order valence-electron chi connectivity index (χ2n) is 3.32. The maximum atomic E-state index is 8.59. The van der Waals surface area contributed by atoms with Gasteiger partial charge in [-0.3, -0.25) is 4.98 Å². The van der Waals surface area contributed by atoms with Crippen molar-refractivity contribution in [2.45, 2.75) is 6.42 Å². The van der Waals surface area contributed by atoms with Crippen molar-refractivity contribution in [2.24, 2.45) is 0 Å². The van der Waals surface area contributed by atoms with Crippen molar-refractivity contribution in [3.05, 3.63) is 35.0 Å². The van der Waals surface area contributed by atoms with E-state index >= 15 is 0 Å². The molecule has 0 aliphatic heterocycles. The average molecular weight is 233 g/mol. The van der Waals surface area contributed by atoms with Gasteiger partial charge in [0.2, 0.25) is 0 Å². The van der Waals surface area contributed by atoms with Gasteiger partial charge in [0.15, 0.2) is 0 Å². The monoisotopic (exact) mass is 232 g/mol. The van der Waals surface area contributed by atoms with Gasteiger partial charge in [-0.2, -0.15) is 5.26 Å². The summed E-state index contributed by atoms with van der Waals surface area (Å²) < 4.78 is 5.12. The van der Waals surface area contributed by atoms with Crippen molar-refractivity contribution in [3.8, 4) is 11.8 Å². The zero-order valence-corrected chi connectivity index (χ0v) is 9.45. The summed E-state index contributed by atoms with van der Waals surface area (Å²) in [6, 6.07) is 9.39. The van der Waals surface area contributed by atoms with Crippen LogP contribution in [0.2, 0.25) is 5.02 Å². The molecule has 2 aromatic rings. The minimum atomic E-state index is 0.305. The summed E-state index contributed by atoms with van der Waals surface area (Å²) in [5.41, 5.74) is 1.52. The van der Waals surface area contributed by atoms with Gasteiger partial charge in [-0.1, -0.05) is 17.7 Å². The molecule has 0 fully saturated rings. The largest absolute Gasteiger partial charge is 0.495 e. The van der Waals surface area contributed by atoms with E-state index in [1.807, 2.05) is 18.2 Å². The van der Waals surface area contributed by atoms with E-state index in [0.29, 0.717) is 17.2 Å². The van der Waals surface area contributed by atoms with E-state index in [0.717, 1.165) is 16.6 Å². The van der Waals surface area contributed by atoms with Crippen LogP contribution in [-0.2, 0) is 6.42 Å². The molecule has 1 heterocycles. The van der Waals surface area contributed by atoms with Crippen LogP contribution in [0.4, 0.5) is 0 Å². The second kappa shape index (κ2) is 4.38. The van der Waals surface area contributed by atoms with E-state index in [4.69, 9.17) is 21.6 Å². The zero-order valence-electron chi connectivity index (χ0n) is 8.70. The number of nitrogens with zero attached hydrogens (tertiary/aromatic N) is 2. The maximum absolute atomic E-state index is 8.59. The second-order valence-corrected chi connectivity index (χ2v) is 3.72. The van der Waals surface area contributed by atoms with Crippen molar-refractivity contribution in [3.63, 3.8) is 0 Å². The van der Waals surface area contributed by atoms with Crippen LogP contribution < -0.4 is 4.74 Å². The van der Waals surface area contributed by atoms with E-state index in [1.54, 1.807) is 13.2 Å². The molecule has 2 rings (SSSR count). The first kappa shape index (κ1) is 10.7. The van der Waals surface area contributed by atoms with Gasteiger partial charge in [-0.05, 0) is 18.2 Å². The van der Waals surface area contributed by atoms with Crippen LogP contribution in [0.25, 0.3) is 10.9 Å². The number of aromatic nitrogens is 1. The van der Waals surface area contributed by atoms with Gasteiger partial charge in [0, 0.05) is 5.39 Å². The Kier molecular flexibility index (Phi) is 2.93. The normalized spacial score (nSPS) is 10.1. The number of fused-ring (bicyclic) bond motifs is 1. The van der Waals surface area contributed by atoms with E-state index in [9.17, 15) is 0 Å². The molecule has 0 atom stereocenters. The predicted octanol–water partition coefficient (Wildman–Crippen LogP) is 2.96. The molecule has 4 heteroatoms. The standard InChI is InChI=1S/C12H9ClN2O/c1-16-12-6-8-2-3-9(4-5-14)15-11(8)7-10(12)13/h2-3,6-7H,4H2,1H3. The molecule has 80 valence electrons. The molecule has 0 amide bonds. The Labute approximate surface area is 98.2 Å². The minimum Gasteiger partial charge on any atom is -0.495 e. The Morgan fingerprint density at radius 3 is 2.94 bits per heavy atom. The van der Waals surface area contributed by atoms with Crippen molar-refractivity contribution in [2.75, 3.05) is 7.11 Å². The molecule has 0 bridgehead atoms. The van der Waals surface area contributed by atoms with Gasteiger partial charge < -0.3 is 4.74 Å². The molecule has 0 aliphatic rings.